The minimum Gasteiger partial charge on any atom is -0.478 e. The maximum atomic E-state index is 12.3. The zero-order valence-electron chi connectivity index (χ0n) is 17.7. The minimum atomic E-state index is -0.907. The van der Waals surface area contributed by atoms with Crippen LogP contribution in [0.2, 0.25) is 0 Å². The van der Waals surface area contributed by atoms with Crippen LogP contribution in [-0.4, -0.2) is 34.0 Å². The largest absolute Gasteiger partial charge is 0.478 e. The number of pyridine rings is 1. The van der Waals surface area contributed by atoms with Gasteiger partial charge in [-0.15, -0.1) is 0 Å². The van der Waals surface area contributed by atoms with E-state index in [0.717, 1.165) is 58.6 Å². The first-order valence-electron chi connectivity index (χ1n) is 10.7. The summed E-state index contributed by atoms with van der Waals surface area (Å²) < 4.78 is 6.09. The molecule has 31 heavy (non-hydrogen) atoms. The minimum absolute atomic E-state index is 0.359. The van der Waals surface area contributed by atoms with Gasteiger partial charge >= 0.3 is 5.97 Å². The molecule has 0 unspecified atom stereocenters. The zero-order valence-corrected chi connectivity index (χ0v) is 17.7. The summed E-state index contributed by atoms with van der Waals surface area (Å²) in [6.07, 6.45) is 2.93. The van der Waals surface area contributed by atoms with Gasteiger partial charge in [-0.3, -0.25) is 4.90 Å². The molecular weight excluding hydrogens is 388 g/mol. The second-order valence-corrected chi connectivity index (χ2v) is 7.90. The van der Waals surface area contributed by atoms with Gasteiger partial charge < -0.3 is 9.52 Å². The van der Waals surface area contributed by atoms with Crippen LogP contribution in [-0.2, 0) is 13.0 Å². The molecule has 1 aliphatic rings. The van der Waals surface area contributed by atoms with Crippen molar-refractivity contribution in [3.8, 4) is 0 Å². The van der Waals surface area contributed by atoms with Crippen LogP contribution in [0.4, 0.5) is 0 Å². The maximum Gasteiger partial charge on any atom is 0.336 e. The molecule has 2 aromatic heterocycles. The smallest absolute Gasteiger partial charge is 0.336 e. The van der Waals surface area contributed by atoms with Gasteiger partial charge in [-0.2, -0.15) is 0 Å². The topological polar surface area (TPSA) is 66.6 Å². The molecule has 0 aliphatic carbocycles. The molecule has 0 saturated carbocycles. The first-order valence-corrected chi connectivity index (χ1v) is 10.7. The van der Waals surface area contributed by atoms with E-state index in [-0.39, 0.29) is 0 Å². The number of furan rings is 1. The van der Waals surface area contributed by atoms with Gasteiger partial charge in [0.1, 0.15) is 11.3 Å². The Balaban J connectivity index is 1.81. The van der Waals surface area contributed by atoms with Crippen molar-refractivity contribution in [2.75, 3.05) is 13.1 Å². The summed E-state index contributed by atoms with van der Waals surface area (Å²) in [7, 11) is 0. The van der Waals surface area contributed by atoms with Crippen molar-refractivity contribution in [1.29, 1.82) is 0 Å². The highest BCUT2D eigenvalue weighted by molar-refractivity contribution is 6.06. The highest BCUT2D eigenvalue weighted by atomic mass is 16.4. The normalized spacial score (nSPS) is 15.6. The number of aromatic nitrogens is 1. The number of fused-ring (bicyclic) bond motifs is 3. The molecule has 0 atom stereocenters. The number of likely N-dealkylation sites (N-methyl/N-ethyl adjacent to an activating group) is 1. The van der Waals surface area contributed by atoms with Crippen molar-refractivity contribution in [3.05, 3.63) is 76.7 Å². The van der Waals surface area contributed by atoms with Crippen molar-refractivity contribution in [1.82, 2.24) is 9.88 Å². The van der Waals surface area contributed by atoms with Gasteiger partial charge in [-0.05, 0) is 30.3 Å². The Kier molecular flexibility index (Phi) is 4.83. The summed E-state index contributed by atoms with van der Waals surface area (Å²) in [6, 6.07) is 15.5. The molecule has 0 amide bonds. The number of aryl methyl sites for hydroxylation is 1. The molecule has 0 bridgehead atoms. The summed E-state index contributed by atoms with van der Waals surface area (Å²) in [5, 5.41) is 11.8. The third-order valence-electron chi connectivity index (χ3n) is 6.08. The van der Waals surface area contributed by atoms with Gasteiger partial charge in [0.05, 0.1) is 16.8 Å². The van der Waals surface area contributed by atoms with Gasteiger partial charge in [0.15, 0.2) is 0 Å². The summed E-state index contributed by atoms with van der Waals surface area (Å²) >= 11 is 0. The van der Waals surface area contributed by atoms with Gasteiger partial charge in [-0.1, -0.05) is 50.2 Å². The van der Waals surface area contributed by atoms with Gasteiger partial charge in [0.2, 0.25) is 0 Å². The lowest BCUT2D eigenvalue weighted by Gasteiger charge is -2.30. The number of hydrogen-bond donors (Lipinski definition) is 1. The molecular formula is C26H24N2O3. The Bertz CT molecular complexity index is 1350. The van der Waals surface area contributed by atoms with E-state index in [9.17, 15) is 9.90 Å². The van der Waals surface area contributed by atoms with E-state index in [4.69, 9.17) is 9.40 Å². The quantitative estimate of drug-likeness (QED) is 0.471. The maximum absolute atomic E-state index is 12.3. The number of rotatable bonds is 4. The number of aromatic carboxylic acids is 1. The number of benzene rings is 2. The molecule has 0 fully saturated rings. The molecule has 1 N–H and O–H groups in total. The van der Waals surface area contributed by atoms with E-state index in [1.54, 1.807) is 0 Å². The number of hydrogen-bond acceptors (Lipinski definition) is 4. The molecule has 4 aromatic rings. The molecule has 0 saturated heterocycles. The highest BCUT2D eigenvalue weighted by Gasteiger charge is 2.28. The van der Waals surface area contributed by atoms with Gasteiger partial charge in [0.25, 0.3) is 0 Å². The Hall–Kier alpha value is -3.44. The van der Waals surface area contributed by atoms with Gasteiger partial charge in [0, 0.05) is 41.4 Å². The lowest BCUT2D eigenvalue weighted by molar-refractivity contribution is 0.0696. The molecule has 0 spiro atoms. The van der Waals surface area contributed by atoms with Crippen molar-refractivity contribution in [2.45, 2.75) is 26.8 Å². The molecule has 1 aliphatic heterocycles. The lowest BCUT2D eigenvalue weighted by atomic mass is 9.91. The third kappa shape index (κ3) is 3.22. The number of carboxylic acids is 1. The third-order valence-corrected chi connectivity index (χ3v) is 6.08. The van der Waals surface area contributed by atoms with Gasteiger partial charge in [-0.25, -0.2) is 9.78 Å². The van der Waals surface area contributed by atoms with Crippen LogP contribution in [0.5, 0.6) is 0 Å². The van der Waals surface area contributed by atoms with E-state index in [1.807, 2.05) is 42.5 Å². The van der Waals surface area contributed by atoms with Crippen molar-refractivity contribution < 1.29 is 14.3 Å². The number of carbonyl (C=O) groups is 1. The van der Waals surface area contributed by atoms with E-state index in [2.05, 4.69) is 30.9 Å². The predicted octanol–water partition coefficient (Wildman–Crippen LogP) is 5.62. The number of carboxylic acid groups (broad SMARTS) is 1. The molecule has 5 nitrogen and oxygen atoms in total. The molecule has 5 rings (SSSR count). The number of para-hydroxylation sites is 2. The van der Waals surface area contributed by atoms with E-state index >= 15 is 0 Å². The molecule has 0 radical (unpaired) electrons. The van der Waals surface area contributed by atoms with E-state index in [0.29, 0.717) is 23.0 Å². The average molecular weight is 412 g/mol. The fourth-order valence-corrected chi connectivity index (χ4v) is 4.56. The van der Waals surface area contributed by atoms with Crippen molar-refractivity contribution in [2.24, 2.45) is 0 Å². The fourth-order valence-electron chi connectivity index (χ4n) is 4.56. The van der Waals surface area contributed by atoms with Crippen LogP contribution < -0.4 is 0 Å². The number of nitrogens with zero attached hydrogens (tertiary/aromatic N) is 2. The second kappa shape index (κ2) is 7.67. The highest BCUT2D eigenvalue weighted by Crippen LogP contribution is 2.36. The van der Waals surface area contributed by atoms with Crippen LogP contribution in [0.25, 0.3) is 33.5 Å². The summed E-state index contributed by atoms with van der Waals surface area (Å²) in [5.41, 5.74) is 5.60. The van der Waals surface area contributed by atoms with Crippen LogP contribution in [0.3, 0.4) is 0 Å². The van der Waals surface area contributed by atoms with Crippen LogP contribution >= 0.6 is 0 Å². The average Bonchev–Trinajstić information content (AvgIpc) is 3.14. The van der Waals surface area contributed by atoms with Crippen LogP contribution in [0.1, 0.15) is 46.8 Å². The predicted molar refractivity (Wildman–Crippen MR) is 123 cm³/mol. The SMILES string of the molecule is CCc1oc2ccccc2c1C=C1CN(CC)Cc2c1nc1ccccc1c2C(=O)O. The van der Waals surface area contributed by atoms with Crippen molar-refractivity contribution in [3.63, 3.8) is 0 Å². The monoisotopic (exact) mass is 412 g/mol. The molecule has 156 valence electrons. The summed E-state index contributed by atoms with van der Waals surface area (Å²) in [6.45, 7) is 6.31. The Morgan fingerprint density at radius 3 is 2.58 bits per heavy atom. The van der Waals surface area contributed by atoms with Crippen molar-refractivity contribution >= 4 is 39.5 Å². The Labute approximate surface area is 180 Å². The van der Waals surface area contributed by atoms with Crippen LogP contribution in [0.15, 0.2) is 52.9 Å². The Morgan fingerprint density at radius 1 is 1.10 bits per heavy atom. The van der Waals surface area contributed by atoms with E-state index < -0.39 is 5.97 Å². The Morgan fingerprint density at radius 2 is 1.84 bits per heavy atom. The first-order chi connectivity index (χ1) is 15.1. The fraction of sp³-hybridized carbons (Fsp3) is 0.231. The van der Waals surface area contributed by atoms with E-state index in [1.165, 1.54) is 0 Å². The summed E-state index contributed by atoms with van der Waals surface area (Å²) in [4.78, 5) is 19.5. The second-order valence-electron chi connectivity index (χ2n) is 7.90. The zero-order chi connectivity index (χ0) is 21.5. The molecule has 3 heterocycles. The van der Waals surface area contributed by atoms with Crippen LogP contribution in [0, 0.1) is 0 Å². The lowest BCUT2D eigenvalue weighted by Crippen LogP contribution is -2.31. The first kappa shape index (κ1) is 19.5. The molecule has 5 heteroatoms. The molecule has 2 aromatic carbocycles. The standard InChI is InChI=1S/C26H24N2O3/c1-3-22-19(17-9-6-8-12-23(17)31-22)13-16-14-28(4-2)15-20-24(26(29)30)18-10-5-7-11-21(18)27-25(16)20/h5-13H,3-4,14-15H2,1-2H3,(H,29,30). The summed E-state index contributed by atoms with van der Waals surface area (Å²) in [5.74, 6) is 0.0262.